The minimum absolute atomic E-state index is 0.213. The van der Waals surface area contributed by atoms with Crippen molar-refractivity contribution >= 4 is 5.91 Å². The van der Waals surface area contributed by atoms with Crippen LogP contribution in [0.15, 0.2) is 12.3 Å². The van der Waals surface area contributed by atoms with E-state index in [2.05, 4.69) is 24.1 Å². The SMILES string of the molecule is CN(C)CC1COCCN(C(=O)CCc2ccnn2C)C1. The highest BCUT2D eigenvalue weighted by Crippen LogP contribution is 2.11. The quantitative estimate of drug-likeness (QED) is 0.788. The first kappa shape index (κ1) is 16.0. The van der Waals surface area contributed by atoms with E-state index in [1.807, 2.05) is 22.7 Å². The van der Waals surface area contributed by atoms with Gasteiger partial charge in [-0.15, -0.1) is 0 Å². The summed E-state index contributed by atoms with van der Waals surface area (Å²) >= 11 is 0. The largest absolute Gasteiger partial charge is 0.379 e. The molecule has 1 aromatic rings. The van der Waals surface area contributed by atoms with Crippen LogP contribution in [-0.2, 0) is 23.0 Å². The highest BCUT2D eigenvalue weighted by Gasteiger charge is 2.22. The molecule has 1 saturated heterocycles. The first-order valence-corrected chi connectivity index (χ1v) is 7.53. The van der Waals surface area contributed by atoms with Crippen LogP contribution in [-0.4, -0.2) is 72.4 Å². The molecule has 1 aromatic heterocycles. The lowest BCUT2D eigenvalue weighted by Crippen LogP contribution is -2.38. The van der Waals surface area contributed by atoms with Crippen LogP contribution in [0.25, 0.3) is 0 Å². The lowest BCUT2D eigenvalue weighted by molar-refractivity contribution is -0.131. The molecule has 21 heavy (non-hydrogen) atoms. The van der Waals surface area contributed by atoms with Crippen LogP contribution in [0.2, 0.25) is 0 Å². The average Bonchev–Trinajstić information content (AvgIpc) is 2.70. The minimum atomic E-state index is 0.213. The Hall–Kier alpha value is -1.40. The number of ether oxygens (including phenoxy) is 1. The Labute approximate surface area is 126 Å². The predicted octanol–water partition coefficient (Wildman–Crippen LogP) is 0.389. The standard InChI is InChI=1S/C15H26N4O2/c1-17(2)10-13-11-19(8-9-21-12-13)15(20)5-4-14-6-7-16-18(14)3/h6-7,13H,4-5,8-12H2,1-3H3. The van der Waals surface area contributed by atoms with Crippen LogP contribution >= 0.6 is 0 Å². The van der Waals surface area contributed by atoms with Gasteiger partial charge < -0.3 is 14.5 Å². The number of hydrogen-bond acceptors (Lipinski definition) is 4. The van der Waals surface area contributed by atoms with Crippen LogP contribution in [0, 0.1) is 5.92 Å². The van der Waals surface area contributed by atoms with E-state index in [1.165, 1.54) is 0 Å². The third-order valence-corrected chi connectivity index (χ3v) is 3.83. The Bertz CT molecular complexity index is 458. The number of aromatic nitrogens is 2. The van der Waals surface area contributed by atoms with Crippen molar-refractivity contribution in [3.8, 4) is 0 Å². The van der Waals surface area contributed by atoms with Crippen LogP contribution in [0.3, 0.4) is 0 Å². The van der Waals surface area contributed by atoms with Gasteiger partial charge in [-0.2, -0.15) is 5.10 Å². The van der Waals surface area contributed by atoms with E-state index >= 15 is 0 Å². The molecule has 1 atom stereocenters. The molecular weight excluding hydrogens is 268 g/mol. The van der Waals surface area contributed by atoms with Gasteiger partial charge in [0.05, 0.1) is 13.2 Å². The molecular formula is C15H26N4O2. The molecule has 0 radical (unpaired) electrons. The van der Waals surface area contributed by atoms with Crippen molar-refractivity contribution in [1.82, 2.24) is 19.6 Å². The molecule has 6 nitrogen and oxygen atoms in total. The molecule has 1 unspecified atom stereocenters. The average molecular weight is 294 g/mol. The van der Waals surface area contributed by atoms with Crippen molar-refractivity contribution in [2.75, 3.05) is 46.9 Å². The van der Waals surface area contributed by atoms with Crippen molar-refractivity contribution in [2.24, 2.45) is 13.0 Å². The summed E-state index contributed by atoms with van der Waals surface area (Å²) in [4.78, 5) is 16.5. The summed E-state index contributed by atoms with van der Waals surface area (Å²) in [5.74, 6) is 0.605. The van der Waals surface area contributed by atoms with Crippen LogP contribution < -0.4 is 0 Å². The van der Waals surface area contributed by atoms with E-state index in [1.54, 1.807) is 6.20 Å². The van der Waals surface area contributed by atoms with Gasteiger partial charge in [-0.25, -0.2) is 0 Å². The third-order valence-electron chi connectivity index (χ3n) is 3.83. The second-order valence-electron chi connectivity index (χ2n) is 5.99. The fourth-order valence-electron chi connectivity index (χ4n) is 2.77. The van der Waals surface area contributed by atoms with Crippen molar-refractivity contribution in [2.45, 2.75) is 12.8 Å². The summed E-state index contributed by atoms with van der Waals surface area (Å²) in [6.07, 6.45) is 3.05. The molecule has 0 N–H and O–H groups in total. The number of hydrogen-bond donors (Lipinski definition) is 0. The monoisotopic (exact) mass is 294 g/mol. The maximum Gasteiger partial charge on any atom is 0.223 e. The van der Waals surface area contributed by atoms with Gasteiger partial charge >= 0.3 is 0 Å². The predicted molar refractivity (Wildman–Crippen MR) is 81.0 cm³/mol. The number of carbonyl (C=O) groups excluding carboxylic acids is 1. The summed E-state index contributed by atoms with van der Waals surface area (Å²) in [6.45, 7) is 3.83. The molecule has 1 amide bonds. The molecule has 2 rings (SSSR count). The Morgan fingerprint density at radius 1 is 1.52 bits per heavy atom. The minimum Gasteiger partial charge on any atom is -0.379 e. The van der Waals surface area contributed by atoms with Crippen molar-refractivity contribution in [3.63, 3.8) is 0 Å². The Kier molecular flexibility index (Phi) is 5.76. The van der Waals surface area contributed by atoms with Gasteiger partial charge in [-0.1, -0.05) is 0 Å². The fourth-order valence-corrected chi connectivity index (χ4v) is 2.77. The second kappa shape index (κ2) is 7.56. The molecule has 1 aliphatic rings. The van der Waals surface area contributed by atoms with Gasteiger partial charge in [0.2, 0.25) is 5.91 Å². The topological polar surface area (TPSA) is 50.6 Å². The van der Waals surface area contributed by atoms with Crippen LogP contribution in [0.1, 0.15) is 12.1 Å². The van der Waals surface area contributed by atoms with Gasteiger partial charge in [-0.05, 0) is 26.6 Å². The van der Waals surface area contributed by atoms with E-state index in [0.29, 0.717) is 25.5 Å². The first-order valence-electron chi connectivity index (χ1n) is 7.53. The Morgan fingerprint density at radius 2 is 2.33 bits per heavy atom. The zero-order valence-corrected chi connectivity index (χ0v) is 13.3. The maximum absolute atomic E-state index is 12.4. The number of nitrogens with zero attached hydrogens (tertiary/aromatic N) is 4. The molecule has 0 spiro atoms. The van der Waals surface area contributed by atoms with Gasteiger partial charge in [0, 0.05) is 50.9 Å². The van der Waals surface area contributed by atoms with Gasteiger partial charge in [0.15, 0.2) is 0 Å². The zero-order valence-electron chi connectivity index (χ0n) is 13.3. The molecule has 2 heterocycles. The number of aryl methyl sites for hydroxylation is 2. The van der Waals surface area contributed by atoms with E-state index in [9.17, 15) is 4.79 Å². The number of amides is 1. The normalized spacial score (nSPS) is 19.8. The fraction of sp³-hybridized carbons (Fsp3) is 0.733. The zero-order chi connectivity index (χ0) is 15.2. The van der Waals surface area contributed by atoms with Crippen molar-refractivity contribution in [1.29, 1.82) is 0 Å². The van der Waals surface area contributed by atoms with E-state index in [-0.39, 0.29) is 5.91 Å². The van der Waals surface area contributed by atoms with Crippen LogP contribution in [0.5, 0.6) is 0 Å². The summed E-state index contributed by atoms with van der Waals surface area (Å²) in [5.41, 5.74) is 1.10. The second-order valence-corrected chi connectivity index (χ2v) is 5.99. The summed E-state index contributed by atoms with van der Waals surface area (Å²) < 4.78 is 7.45. The highest BCUT2D eigenvalue weighted by molar-refractivity contribution is 5.76. The third kappa shape index (κ3) is 4.82. The highest BCUT2D eigenvalue weighted by atomic mass is 16.5. The molecule has 6 heteroatoms. The molecule has 1 fully saturated rings. The molecule has 0 aromatic carbocycles. The van der Waals surface area contributed by atoms with Gasteiger partial charge in [0.1, 0.15) is 0 Å². The smallest absolute Gasteiger partial charge is 0.223 e. The number of carbonyl (C=O) groups is 1. The molecule has 1 aliphatic heterocycles. The lowest BCUT2D eigenvalue weighted by Gasteiger charge is -2.25. The summed E-state index contributed by atoms with van der Waals surface area (Å²) in [5, 5.41) is 4.13. The Balaban J connectivity index is 1.86. The Morgan fingerprint density at radius 3 is 3.00 bits per heavy atom. The number of rotatable bonds is 5. The molecule has 118 valence electrons. The van der Waals surface area contributed by atoms with Crippen molar-refractivity contribution < 1.29 is 9.53 Å². The van der Waals surface area contributed by atoms with Crippen LogP contribution in [0.4, 0.5) is 0 Å². The summed E-state index contributed by atoms with van der Waals surface area (Å²) in [7, 11) is 6.02. The van der Waals surface area contributed by atoms with E-state index in [4.69, 9.17) is 4.74 Å². The molecule has 0 saturated carbocycles. The maximum atomic E-state index is 12.4. The van der Waals surface area contributed by atoms with E-state index < -0.39 is 0 Å². The van der Waals surface area contributed by atoms with Gasteiger partial charge in [0.25, 0.3) is 0 Å². The van der Waals surface area contributed by atoms with Crippen molar-refractivity contribution in [3.05, 3.63) is 18.0 Å². The van der Waals surface area contributed by atoms with Gasteiger partial charge in [-0.3, -0.25) is 9.48 Å². The summed E-state index contributed by atoms with van der Waals surface area (Å²) in [6, 6.07) is 1.97. The van der Waals surface area contributed by atoms with E-state index in [0.717, 1.165) is 31.8 Å². The molecule has 0 aliphatic carbocycles. The lowest BCUT2D eigenvalue weighted by atomic mass is 10.1. The molecule has 0 bridgehead atoms. The first-order chi connectivity index (χ1) is 10.1.